The molecule has 1 aromatic rings. The van der Waals surface area contributed by atoms with E-state index in [1.807, 2.05) is 0 Å². The van der Waals surface area contributed by atoms with Gasteiger partial charge in [0, 0.05) is 30.8 Å². The number of rotatable bonds is 5. The Hall–Kier alpha value is -2.56. The van der Waals surface area contributed by atoms with E-state index in [4.69, 9.17) is 0 Å². The van der Waals surface area contributed by atoms with E-state index in [0.29, 0.717) is 10.9 Å². The van der Waals surface area contributed by atoms with Crippen LogP contribution in [0.2, 0.25) is 0 Å². The summed E-state index contributed by atoms with van der Waals surface area (Å²) in [5, 5.41) is 4.50. The summed E-state index contributed by atoms with van der Waals surface area (Å²) in [7, 11) is 0. The molecule has 1 saturated heterocycles. The average molecular weight is 442 g/mol. The molecular weight excluding hydrogens is 421 g/mol. The van der Waals surface area contributed by atoms with E-state index in [0.717, 1.165) is 32.4 Å². The molecule has 0 saturated carbocycles. The highest BCUT2D eigenvalue weighted by atomic mass is 32.2. The fourth-order valence-electron chi connectivity index (χ4n) is 3.10. The molecule has 3 amide bonds. The topological polar surface area (TPSA) is 90.9 Å². The number of thioether (sulfide) groups is 1. The molecule has 2 aliphatic heterocycles. The van der Waals surface area contributed by atoms with Gasteiger partial charge in [-0.1, -0.05) is 11.8 Å². The zero-order chi connectivity index (χ0) is 21.7. The maximum Gasteiger partial charge on any atom is 0.405 e. The second kappa shape index (κ2) is 9.50. The number of carbonyl (C=O) groups is 3. The number of nitrogens with one attached hydrogen (secondary N) is 2. The van der Waals surface area contributed by atoms with Gasteiger partial charge in [0.25, 0.3) is 11.8 Å². The first-order valence-electron chi connectivity index (χ1n) is 9.50. The van der Waals surface area contributed by atoms with Crippen molar-refractivity contribution in [3.05, 3.63) is 29.8 Å². The molecule has 3 rings (SSSR count). The number of nitrogens with zero attached hydrogens (tertiary/aromatic N) is 2. The third-order valence-corrected chi connectivity index (χ3v) is 5.82. The molecule has 0 spiro atoms. The van der Waals surface area contributed by atoms with Crippen molar-refractivity contribution in [2.45, 2.75) is 37.1 Å². The number of hydrogen-bond acceptors (Lipinski definition) is 5. The van der Waals surface area contributed by atoms with E-state index in [2.05, 4.69) is 15.2 Å². The monoisotopic (exact) mass is 442 g/mol. The van der Waals surface area contributed by atoms with Crippen molar-refractivity contribution in [1.29, 1.82) is 0 Å². The first kappa shape index (κ1) is 22.1. The van der Waals surface area contributed by atoms with Crippen LogP contribution in [0, 0.1) is 0 Å². The number of hydrogen-bond donors (Lipinski definition) is 2. The summed E-state index contributed by atoms with van der Waals surface area (Å²) >= 11 is 1.30. The Bertz CT molecular complexity index is 836. The van der Waals surface area contributed by atoms with E-state index in [9.17, 15) is 27.6 Å². The quantitative estimate of drug-likeness (QED) is 0.732. The Morgan fingerprint density at radius 2 is 1.80 bits per heavy atom. The van der Waals surface area contributed by atoms with Crippen LogP contribution in [-0.4, -0.2) is 58.8 Å². The number of likely N-dealkylation sites (tertiary alicyclic amines) is 1. The van der Waals surface area contributed by atoms with Gasteiger partial charge in [-0.25, -0.2) is 0 Å². The van der Waals surface area contributed by atoms with E-state index < -0.39 is 23.9 Å². The van der Waals surface area contributed by atoms with Gasteiger partial charge in [-0.05, 0) is 43.5 Å². The number of benzene rings is 1. The molecule has 1 atom stereocenters. The number of amides is 3. The molecule has 2 aliphatic rings. The summed E-state index contributed by atoms with van der Waals surface area (Å²) in [6.45, 7) is 0.306. The van der Waals surface area contributed by atoms with Crippen LogP contribution in [0.1, 0.15) is 36.0 Å². The molecule has 7 nitrogen and oxygen atoms in total. The van der Waals surface area contributed by atoms with Crippen LogP contribution in [0.15, 0.2) is 29.3 Å². The molecular formula is C19H21F3N4O3S. The minimum absolute atomic E-state index is 0.0401. The maximum atomic E-state index is 12.3. The predicted octanol–water partition coefficient (Wildman–Crippen LogP) is 2.79. The SMILES string of the molecule is O=C(C[C@H]1SC(N2CCCCC2)=NC1=O)Nc1ccc(C(=O)NCC(F)(F)F)cc1. The van der Waals surface area contributed by atoms with Gasteiger partial charge in [-0.2, -0.15) is 18.2 Å². The number of anilines is 1. The van der Waals surface area contributed by atoms with Crippen molar-refractivity contribution < 1.29 is 27.6 Å². The van der Waals surface area contributed by atoms with E-state index in [-0.39, 0.29) is 23.8 Å². The standard InChI is InChI=1S/C19H21F3N4O3S/c20-19(21,22)11-23-16(28)12-4-6-13(7-5-12)24-15(27)10-14-17(29)25-18(30-14)26-8-2-1-3-9-26/h4-7,14H,1-3,8-11H2,(H,23,28)(H,24,27)/t14-/m1/s1. The highest BCUT2D eigenvalue weighted by Crippen LogP contribution is 2.29. The van der Waals surface area contributed by atoms with Gasteiger partial charge < -0.3 is 15.5 Å². The van der Waals surface area contributed by atoms with Crippen LogP contribution in [0.5, 0.6) is 0 Å². The second-order valence-electron chi connectivity index (χ2n) is 7.01. The highest BCUT2D eigenvalue weighted by molar-refractivity contribution is 8.15. The Morgan fingerprint density at radius 1 is 1.13 bits per heavy atom. The number of alkyl halides is 3. The van der Waals surface area contributed by atoms with Crippen molar-refractivity contribution in [2.24, 2.45) is 4.99 Å². The zero-order valence-corrected chi connectivity index (χ0v) is 16.8. The van der Waals surface area contributed by atoms with Crippen molar-refractivity contribution >= 4 is 40.3 Å². The lowest BCUT2D eigenvalue weighted by molar-refractivity contribution is -0.123. The van der Waals surface area contributed by atoms with Crippen LogP contribution >= 0.6 is 11.8 Å². The van der Waals surface area contributed by atoms with Crippen LogP contribution in [-0.2, 0) is 9.59 Å². The van der Waals surface area contributed by atoms with Gasteiger partial charge in [-0.3, -0.25) is 14.4 Å². The Labute approximate surface area is 175 Å². The third kappa shape index (κ3) is 6.22. The summed E-state index contributed by atoms with van der Waals surface area (Å²) in [6, 6.07) is 5.46. The molecule has 30 heavy (non-hydrogen) atoms. The fourth-order valence-corrected chi connectivity index (χ4v) is 4.21. The number of amidine groups is 1. The minimum atomic E-state index is -4.49. The fraction of sp³-hybridized carbons (Fsp3) is 0.474. The number of carbonyl (C=O) groups excluding carboxylic acids is 3. The Morgan fingerprint density at radius 3 is 2.43 bits per heavy atom. The lowest BCUT2D eigenvalue weighted by Crippen LogP contribution is -2.33. The predicted molar refractivity (Wildman–Crippen MR) is 107 cm³/mol. The molecule has 0 aliphatic carbocycles. The van der Waals surface area contributed by atoms with Gasteiger partial charge in [0.2, 0.25) is 5.91 Å². The zero-order valence-electron chi connectivity index (χ0n) is 16.0. The third-order valence-electron chi connectivity index (χ3n) is 4.61. The maximum absolute atomic E-state index is 12.3. The molecule has 0 bridgehead atoms. The van der Waals surface area contributed by atoms with Crippen molar-refractivity contribution in [2.75, 3.05) is 25.0 Å². The van der Waals surface area contributed by atoms with Gasteiger partial charge >= 0.3 is 6.18 Å². The number of piperidine rings is 1. The van der Waals surface area contributed by atoms with Crippen molar-refractivity contribution in [3.63, 3.8) is 0 Å². The molecule has 0 aromatic heterocycles. The van der Waals surface area contributed by atoms with Gasteiger partial charge in [-0.15, -0.1) is 0 Å². The van der Waals surface area contributed by atoms with Crippen LogP contribution < -0.4 is 10.6 Å². The summed E-state index contributed by atoms with van der Waals surface area (Å²) in [5.41, 5.74) is 0.415. The van der Waals surface area contributed by atoms with Crippen LogP contribution in [0.25, 0.3) is 0 Å². The van der Waals surface area contributed by atoms with Crippen molar-refractivity contribution in [1.82, 2.24) is 10.2 Å². The van der Waals surface area contributed by atoms with E-state index in [1.54, 1.807) is 5.32 Å². The molecule has 2 N–H and O–H groups in total. The average Bonchev–Trinajstić information content (AvgIpc) is 3.07. The van der Waals surface area contributed by atoms with Crippen LogP contribution in [0.3, 0.4) is 0 Å². The summed E-state index contributed by atoms with van der Waals surface area (Å²) in [6.07, 6.45) is -1.25. The van der Waals surface area contributed by atoms with Gasteiger partial charge in [0.15, 0.2) is 5.17 Å². The largest absolute Gasteiger partial charge is 0.405 e. The molecule has 1 aromatic carbocycles. The molecule has 1 fully saturated rings. The number of aliphatic imine (C=N–C) groups is 1. The Kier molecular flexibility index (Phi) is 7.01. The molecule has 162 valence electrons. The lowest BCUT2D eigenvalue weighted by Gasteiger charge is -2.27. The van der Waals surface area contributed by atoms with E-state index >= 15 is 0 Å². The minimum Gasteiger partial charge on any atom is -0.351 e. The smallest absolute Gasteiger partial charge is 0.351 e. The summed E-state index contributed by atoms with van der Waals surface area (Å²) in [4.78, 5) is 42.3. The van der Waals surface area contributed by atoms with Gasteiger partial charge in [0.1, 0.15) is 11.8 Å². The normalized spacial score (nSPS) is 19.4. The van der Waals surface area contributed by atoms with Gasteiger partial charge in [0.05, 0.1) is 0 Å². The molecule has 11 heteroatoms. The lowest BCUT2D eigenvalue weighted by atomic mass is 10.1. The molecule has 2 heterocycles. The first-order chi connectivity index (χ1) is 14.2. The van der Waals surface area contributed by atoms with Crippen molar-refractivity contribution in [3.8, 4) is 0 Å². The van der Waals surface area contributed by atoms with E-state index in [1.165, 1.54) is 36.0 Å². The Balaban J connectivity index is 1.48. The first-order valence-corrected chi connectivity index (χ1v) is 10.4. The molecule has 0 unspecified atom stereocenters. The summed E-state index contributed by atoms with van der Waals surface area (Å²) in [5.74, 6) is -1.57. The van der Waals surface area contributed by atoms with Crippen LogP contribution in [0.4, 0.5) is 18.9 Å². The second-order valence-corrected chi connectivity index (χ2v) is 8.18. The summed E-state index contributed by atoms with van der Waals surface area (Å²) < 4.78 is 36.5. The highest BCUT2D eigenvalue weighted by Gasteiger charge is 2.33. The number of halogens is 3. The molecule has 0 radical (unpaired) electrons.